The lowest BCUT2D eigenvalue weighted by atomic mass is 10.0. The van der Waals surface area contributed by atoms with Crippen molar-refractivity contribution in [2.45, 2.75) is 38.8 Å². The van der Waals surface area contributed by atoms with E-state index in [1.807, 2.05) is 6.92 Å². The summed E-state index contributed by atoms with van der Waals surface area (Å²) in [5, 5.41) is 2.22. The van der Waals surface area contributed by atoms with Gasteiger partial charge in [0.15, 0.2) is 0 Å². The molecule has 1 saturated heterocycles. The Balaban J connectivity index is 0.00000196. The quantitative estimate of drug-likeness (QED) is 0.523. The molecule has 0 bridgehead atoms. The van der Waals surface area contributed by atoms with Crippen molar-refractivity contribution in [3.8, 4) is 0 Å². The number of morpholine rings is 1. The summed E-state index contributed by atoms with van der Waals surface area (Å²) in [5.74, 6) is -0.161. The molecule has 15 heavy (non-hydrogen) atoms. The summed E-state index contributed by atoms with van der Waals surface area (Å²) in [6, 6.07) is 0. The summed E-state index contributed by atoms with van der Waals surface area (Å²) in [6.07, 6.45) is 0.391. The monoisotopic (exact) mass is 237 g/mol. The summed E-state index contributed by atoms with van der Waals surface area (Å²) < 4.78 is 10.4. The van der Waals surface area contributed by atoms with Gasteiger partial charge in [-0.25, -0.2) is 0 Å². The predicted molar refractivity (Wildman–Crippen MR) is 51.9 cm³/mol. The zero-order chi connectivity index (χ0) is 10.6. The number of esters is 1. The Morgan fingerprint density at radius 2 is 2.27 bits per heavy atom. The second kappa shape index (κ2) is 6.30. The number of carbonyl (C=O) groups excluding carboxylic acids is 1. The van der Waals surface area contributed by atoms with Gasteiger partial charge in [-0.1, -0.05) is 0 Å². The van der Waals surface area contributed by atoms with E-state index in [1.54, 1.807) is 0 Å². The minimum atomic E-state index is -0.161. The first kappa shape index (κ1) is 14.7. The minimum Gasteiger partial charge on any atom is -1.00 e. The normalized spacial score (nSPS) is 24.1. The highest BCUT2D eigenvalue weighted by molar-refractivity contribution is 5.69. The van der Waals surface area contributed by atoms with Crippen LogP contribution in [0.2, 0.25) is 0 Å². The molecule has 1 aliphatic heterocycles. The maximum Gasteiger partial charge on any atom is 0.308 e. The molecule has 5 heteroatoms. The van der Waals surface area contributed by atoms with E-state index in [4.69, 9.17) is 9.47 Å². The number of nitrogens with two attached hydrogens (primary N) is 1. The number of hydrogen-bond donors (Lipinski definition) is 1. The molecule has 0 aromatic heterocycles. The fraction of sp³-hybridized carbons (Fsp3) is 0.900. The smallest absolute Gasteiger partial charge is 0.308 e. The van der Waals surface area contributed by atoms with Gasteiger partial charge in [0.1, 0.15) is 24.8 Å². The second-order valence-corrected chi connectivity index (χ2v) is 4.37. The number of ether oxygens (including phenoxy) is 2. The van der Waals surface area contributed by atoms with Gasteiger partial charge in [0, 0.05) is 0 Å². The van der Waals surface area contributed by atoms with Crippen LogP contribution in [0, 0.1) is 0 Å². The Bertz CT molecular complexity index is 199. The van der Waals surface area contributed by atoms with Crippen molar-refractivity contribution in [1.29, 1.82) is 0 Å². The lowest BCUT2D eigenvalue weighted by Crippen LogP contribution is -3.00. The van der Waals surface area contributed by atoms with E-state index < -0.39 is 0 Å². The van der Waals surface area contributed by atoms with Crippen LogP contribution in [0.25, 0.3) is 0 Å². The number of hydrogen-bond acceptors (Lipinski definition) is 3. The van der Waals surface area contributed by atoms with Crippen molar-refractivity contribution in [3.63, 3.8) is 0 Å². The number of rotatable bonds is 3. The zero-order valence-electron chi connectivity index (χ0n) is 9.59. The Morgan fingerprint density at radius 1 is 1.60 bits per heavy atom. The van der Waals surface area contributed by atoms with Crippen LogP contribution < -0.4 is 17.7 Å². The molecule has 0 aliphatic carbocycles. The fourth-order valence-corrected chi connectivity index (χ4v) is 1.46. The van der Waals surface area contributed by atoms with Crippen LogP contribution >= 0.6 is 0 Å². The second-order valence-electron chi connectivity index (χ2n) is 4.37. The molecule has 0 unspecified atom stereocenters. The molecule has 2 N–H and O–H groups in total. The molecule has 90 valence electrons. The van der Waals surface area contributed by atoms with Gasteiger partial charge in [0.2, 0.25) is 0 Å². The standard InChI is InChI=1S/C10H19NO3.ClH/c1-4-13-9(12)5-8-6-11-10(2,3)7-14-8;/h8,11H,4-7H2,1-3H3;1H/t8-;/m1./s1. The van der Waals surface area contributed by atoms with E-state index in [-0.39, 0.29) is 30.0 Å². The van der Waals surface area contributed by atoms with Crippen molar-refractivity contribution >= 4 is 5.97 Å². The molecule has 1 atom stereocenters. The van der Waals surface area contributed by atoms with Crippen LogP contribution in [0.3, 0.4) is 0 Å². The summed E-state index contributed by atoms with van der Waals surface area (Å²) in [7, 11) is 0. The third-order valence-electron chi connectivity index (χ3n) is 2.32. The molecule has 1 aliphatic rings. The van der Waals surface area contributed by atoms with E-state index in [1.165, 1.54) is 0 Å². The van der Waals surface area contributed by atoms with Crippen molar-refractivity contribution in [2.75, 3.05) is 19.8 Å². The molecular weight excluding hydrogens is 218 g/mol. The lowest BCUT2D eigenvalue weighted by molar-refractivity contribution is -0.742. The SMILES string of the molecule is CCOC(=O)C[C@@H]1C[NH2+]C(C)(C)CO1.[Cl-]. The molecular formula is C10H20ClNO3. The highest BCUT2D eigenvalue weighted by Crippen LogP contribution is 2.07. The molecule has 1 heterocycles. The van der Waals surface area contributed by atoms with Gasteiger partial charge in [-0.05, 0) is 20.8 Å². The number of quaternary nitrogens is 1. The molecule has 1 fully saturated rings. The van der Waals surface area contributed by atoms with Gasteiger partial charge in [-0.15, -0.1) is 0 Å². The van der Waals surface area contributed by atoms with Crippen LogP contribution in [0.15, 0.2) is 0 Å². The molecule has 1 rings (SSSR count). The van der Waals surface area contributed by atoms with E-state index in [0.29, 0.717) is 19.6 Å². The summed E-state index contributed by atoms with van der Waals surface area (Å²) in [5.41, 5.74) is 0.144. The average Bonchev–Trinajstić information content (AvgIpc) is 2.09. The van der Waals surface area contributed by atoms with Crippen LogP contribution in [-0.2, 0) is 14.3 Å². The van der Waals surface area contributed by atoms with Gasteiger partial charge in [-0.2, -0.15) is 0 Å². The Labute approximate surface area is 97.1 Å². The van der Waals surface area contributed by atoms with Crippen molar-refractivity contribution in [3.05, 3.63) is 0 Å². The highest BCUT2D eigenvalue weighted by Gasteiger charge is 2.31. The van der Waals surface area contributed by atoms with Gasteiger partial charge in [-0.3, -0.25) is 4.79 Å². The largest absolute Gasteiger partial charge is 1.00 e. The molecule has 0 spiro atoms. The van der Waals surface area contributed by atoms with E-state index in [9.17, 15) is 4.79 Å². The van der Waals surface area contributed by atoms with Crippen LogP contribution in [-0.4, -0.2) is 37.4 Å². The van der Waals surface area contributed by atoms with Crippen molar-refractivity contribution in [1.82, 2.24) is 0 Å². The number of carbonyl (C=O) groups is 1. The van der Waals surface area contributed by atoms with Gasteiger partial charge < -0.3 is 27.2 Å². The Morgan fingerprint density at radius 3 is 2.73 bits per heavy atom. The summed E-state index contributed by atoms with van der Waals surface area (Å²) >= 11 is 0. The molecule has 4 nitrogen and oxygen atoms in total. The molecule has 0 aromatic rings. The van der Waals surface area contributed by atoms with Crippen molar-refractivity contribution in [2.24, 2.45) is 0 Å². The first-order valence-electron chi connectivity index (χ1n) is 5.15. The Kier molecular flexibility index (Phi) is 6.17. The summed E-state index contributed by atoms with van der Waals surface area (Å²) in [4.78, 5) is 11.2. The lowest BCUT2D eigenvalue weighted by Gasteiger charge is -2.32. The minimum absolute atomic E-state index is 0. The average molecular weight is 238 g/mol. The highest BCUT2D eigenvalue weighted by atomic mass is 35.5. The predicted octanol–water partition coefficient (Wildman–Crippen LogP) is -3.32. The topological polar surface area (TPSA) is 52.1 Å². The fourth-order valence-electron chi connectivity index (χ4n) is 1.46. The van der Waals surface area contributed by atoms with Gasteiger partial charge >= 0.3 is 5.97 Å². The molecule has 0 amide bonds. The summed E-state index contributed by atoms with van der Waals surface area (Å²) in [6.45, 7) is 8.06. The zero-order valence-corrected chi connectivity index (χ0v) is 10.3. The van der Waals surface area contributed by atoms with E-state index in [2.05, 4.69) is 19.2 Å². The van der Waals surface area contributed by atoms with Gasteiger partial charge in [0.25, 0.3) is 0 Å². The first-order chi connectivity index (χ1) is 6.53. The molecule has 0 saturated carbocycles. The third kappa shape index (κ3) is 5.35. The van der Waals surface area contributed by atoms with Crippen LogP contribution in [0.5, 0.6) is 0 Å². The molecule has 0 radical (unpaired) electrons. The van der Waals surface area contributed by atoms with Crippen LogP contribution in [0.1, 0.15) is 27.2 Å². The maximum atomic E-state index is 11.2. The molecule has 0 aromatic carbocycles. The van der Waals surface area contributed by atoms with Crippen molar-refractivity contribution < 1.29 is 32.0 Å². The third-order valence-corrected chi connectivity index (χ3v) is 2.32. The maximum absolute atomic E-state index is 11.2. The van der Waals surface area contributed by atoms with Crippen LogP contribution in [0.4, 0.5) is 0 Å². The van der Waals surface area contributed by atoms with E-state index >= 15 is 0 Å². The number of halogens is 1. The van der Waals surface area contributed by atoms with Gasteiger partial charge in [0.05, 0.1) is 13.0 Å². The van der Waals surface area contributed by atoms with E-state index in [0.717, 1.165) is 6.54 Å². The first-order valence-corrected chi connectivity index (χ1v) is 5.15. The Hall–Kier alpha value is -0.320.